The molecule has 0 aliphatic carbocycles. The molecule has 0 aliphatic heterocycles. The van der Waals surface area contributed by atoms with Crippen molar-refractivity contribution in [3.63, 3.8) is 0 Å². The van der Waals surface area contributed by atoms with Gasteiger partial charge in [-0.15, -0.1) is 11.3 Å². The van der Waals surface area contributed by atoms with Crippen LogP contribution in [0, 0.1) is 0 Å². The van der Waals surface area contributed by atoms with Crippen molar-refractivity contribution < 1.29 is 13.2 Å². The summed E-state index contributed by atoms with van der Waals surface area (Å²) in [6, 6.07) is 0. The van der Waals surface area contributed by atoms with Crippen LogP contribution in [-0.2, 0) is 14.6 Å². The molecule has 0 aromatic carbocycles. The van der Waals surface area contributed by atoms with Crippen LogP contribution in [0.3, 0.4) is 0 Å². The average Bonchev–Trinajstić information content (AvgIpc) is 2.54. The quantitative estimate of drug-likeness (QED) is 0.859. The van der Waals surface area contributed by atoms with Crippen LogP contribution in [0.25, 0.3) is 0 Å². The third kappa shape index (κ3) is 3.60. The Hall–Kier alpha value is -0.950. The zero-order valence-electron chi connectivity index (χ0n) is 8.43. The predicted molar refractivity (Wildman–Crippen MR) is 59.7 cm³/mol. The van der Waals surface area contributed by atoms with Crippen molar-refractivity contribution in [3.05, 3.63) is 11.6 Å². The molecule has 0 atom stereocenters. The summed E-state index contributed by atoms with van der Waals surface area (Å²) in [6.07, 6.45) is 1.54. The minimum Gasteiger partial charge on any atom is -0.301 e. The number of nitrogens with zero attached hydrogens (tertiary/aromatic N) is 1. The fourth-order valence-electron chi connectivity index (χ4n) is 0.790. The molecule has 7 heteroatoms. The maximum Gasteiger partial charge on any atom is 0.241 e. The minimum absolute atomic E-state index is 0.416. The second-order valence-electron chi connectivity index (χ2n) is 3.24. The van der Waals surface area contributed by atoms with Gasteiger partial charge in [-0.25, -0.2) is 13.4 Å². The van der Waals surface area contributed by atoms with Crippen molar-refractivity contribution in [2.75, 3.05) is 11.1 Å². The van der Waals surface area contributed by atoms with Gasteiger partial charge >= 0.3 is 0 Å². The number of anilines is 1. The first kappa shape index (κ1) is 12.1. The molecule has 0 bridgehead atoms. The molecule has 1 N–H and O–H groups in total. The summed E-state index contributed by atoms with van der Waals surface area (Å²) in [6.45, 7) is 3.10. The molecule has 84 valence electrons. The Morgan fingerprint density at radius 1 is 1.60 bits per heavy atom. The number of carbonyl (C=O) groups is 1. The van der Waals surface area contributed by atoms with Crippen molar-refractivity contribution in [2.24, 2.45) is 0 Å². The first-order valence-electron chi connectivity index (χ1n) is 4.33. The molecule has 5 nitrogen and oxygen atoms in total. The largest absolute Gasteiger partial charge is 0.301 e. The number of carbonyl (C=O) groups excluding carboxylic acids is 1. The maximum absolute atomic E-state index is 11.4. The number of thiazole rings is 1. The summed E-state index contributed by atoms with van der Waals surface area (Å²) in [5.74, 6) is -1.04. The van der Waals surface area contributed by atoms with Gasteiger partial charge < -0.3 is 5.32 Å². The fraction of sp³-hybridized carbons (Fsp3) is 0.500. The van der Waals surface area contributed by atoms with Crippen LogP contribution in [0.15, 0.2) is 11.6 Å². The lowest BCUT2D eigenvalue weighted by atomic mass is 10.6. The van der Waals surface area contributed by atoms with E-state index in [0.717, 1.165) is 0 Å². The SMILES string of the molecule is CC(C)S(=O)(=O)CC(=O)Nc1nccs1. The first-order valence-corrected chi connectivity index (χ1v) is 6.92. The van der Waals surface area contributed by atoms with E-state index in [-0.39, 0.29) is 0 Å². The topological polar surface area (TPSA) is 76.1 Å². The highest BCUT2D eigenvalue weighted by Gasteiger charge is 2.20. The van der Waals surface area contributed by atoms with E-state index in [1.807, 2.05) is 0 Å². The van der Waals surface area contributed by atoms with E-state index in [9.17, 15) is 13.2 Å². The standard InChI is InChI=1S/C8H12N2O3S2/c1-6(2)15(12,13)5-7(11)10-8-9-3-4-14-8/h3-4,6H,5H2,1-2H3,(H,9,10,11). The van der Waals surface area contributed by atoms with Crippen LogP contribution < -0.4 is 5.32 Å². The van der Waals surface area contributed by atoms with E-state index in [4.69, 9.17) is 0 Å². The van der Waals surface area contributed by atoms with Crippen LogP contribution in [0.5, 0.6) is 0 Å². The second-order valence-corrected chi connectivity index (χ2v) is 6.69. The molecule has 15 heavy (non-hydrogen) atoms. The first-order chi connectivity index (χ1) is 6.92. The lowest BCUT2D eigenvalue weighted by Gasteiger charge is -2.06. The molecule has 1 heterocycles. The molecule has 0 spiro atoms. The van der Waals surface area contributed by atoms with Gasteiger partial charge in [0, 0.05) is 11.6 Å². The monoisotopic (exact) mass is 248 g/mol. The van der Waals surface area contributed by atoms with Gasteiger partial charge in [-0.05, 0) is 13.8 Å². The lowest BCUT2D eigenvalue weighted by molar-refractivity contribution is -0.113. The number of hydrogen-bond acceptors (Lipinski definition) is 5. The van der Waals surface area contributed by atoms with Gasteiger partial charge in [-0.1, -0.05) is 0 Å². The van der Waals surface area contributed by atoms with Gasteiger partial charge in [0.25, 0.3) is 0 Å². The van der Waals surface area contributed by atoms with E-state index >= 15 is 0 Å². The van der Waals surface area contributed by atoms with Crippen LogP contribution in [0.2, 0.25) is 0 Å². The van der Waals surface area contributed by atoms with Crippen molar-refractivity contribution >= 4 is 32.2 Å². The number of aromatic nitrogens is 1. The summed E-state index contributed by atoms with van der Waals surface area (Å²) in [7, 11) is -3.34. The summed E-state index contributed by atoms with van der Waals surface area (Å²) in [5.41, 5.74) is 0. The lowest BCUT2D eigenvalue weighted by Crippen LogP contribution is -2.27. The smallest absolute Gasteiger partial charge is 0.241 e. The molecule has 0 radical (unpaired) electrons. The molecule has 0 saturated carbocycles. The highest BCUT2D eigenvalue weighted by atomic mass is 32.2. The third-order valence-corrected chi connectivity index (χ3v) is 4.52. The van der Waals surface area contributed by atoms with Gasteiger partial charge in [-0.3, -0.25) is 4.79 Å². The highest BCUT2D eigenvalue weighted by Crippen LogP contribution is 2.10. The summed E-state index contributed by atoms with van der Waals surface area (Å²) >= 11 is 1.25. The molecule has 1 aromatic heterocycles. The Kier molecular flexibility index (Phi) is 3.81. The van der Waals surface area contributed by atoms with E-state index in [0.29, 0.717) is 5.13 Å². The van der Waals surface area contributed by atoms with Crippen molar-refractivity contribution in [1.82, 2.24) is 4.98 Å². The molecule has 1 amide bonds. The Morgan fingerprint density at radius 2 is 2.27 bits per heavy atom. The normalized spacial score (nSPS) is 11.7. The predicted octanol–water partition coefficient (Wildman–Crippen LogP) is 0.905. The van der Waals surface area contributed by atoms with Crippen LogP contribution in [-0.4, -0.2) is 30.3 Å². The molecule has 0 saturated heterocycles. The molecule has 0 fully saturated rings. The zero-order valence-corrected chi connectivity index (χ0v) is 10.1. The fourth-order valence-corrected chi connectivity index (χ4v) is 2.11. The van der Waals surface area contributed by atoms with E-state index in [1.54, 1.807) is 19.2 Å². The summed E-state index contributed by atoms with van der Waals surface area (Å²) in [4.78, 5) is 15.1. The van der Waals surface area contributed by atoms with E-state index in [2.05, 4.69) is 10.3 Å². The van der Waals surface area contributed by atoms with Crippen LogP contribution >= 0.6 is 11.3 Å². The molecular formula is C8H12N2O3S2. The number of amides is 1. The number of hydrogen-bond donors (Lipinski definition) is 1. The van der Waals surface area contributed by atoms with Gasteiger partial charge in [0.2, 0.25) is 5.91 Å². The number of sulfone groups is 1. The Bertz CT molecular complexity index is 423. The van der Waals surface area contributed by atoms with Crippen LogP contribution in [0.4, 0.5) is 5.13 Å². The molecule has 1 aromatic rings. The number of rotatable bonds is 4. The molecule has 0 aliphatic rings. The van der Waals surface area contributed by atoms with Gasteiger partial charge in [0.05, 0.1) is 5.25 Å². The molecule has 1 rings (SSSR count). The Balaban J connectivity index is 2.58. The summed E-state index contributed by atoms with van der Waals surface area (Å²) < 4.78 is 22.8. The summed E-state index contributed by atoms with van der Waals surface area (Å²) in [5, 5.41) is 4.00. The molecule has 0 unspecified atom stereocenters. The zero-order chi connectivity index (χ0) is 11.5. The third-order valence-electron chi connectivity index (χ3n) is 1.73. The van der Waals surface area contributed by atoms with Gasteiger partial charge in [0.15, 0.2) is 15.0 Å². The van der Waals surface area contributed by atoms with E-state index < -0.39 is 26.7 Å². The average molecular weight is 248 g/mol. The minimum atomic E-state index is -3.34. The van der Waals surface area contributed by atoms with Crippen molar-refractivity contribution in [3.8, 4) is 0 Å². The van der Waals surface area contributed by atoms with Crippen molar-refractivity contribution in [2.45, 2.75) is 19.1 Å². The second kappa shape index (κ2) is 4.71. The number of nitrogens with one attached hydrogen (secondary N) is 1. The Labute approximate surface area is 92.5 Å². The van der Waals surface area contributed by atoms with Crippen LogP contribution in [0.1, 0.15) is 13.8 Å². The maximum atomic E-state index is 11.4. The van der Waals surface area contributed by atoms with E-state index in [1.165, 1.54) is 17.5 Å². The highest BCUT2D eigenvalue weighted by molar-refractivity contribution is 7.92. The molecular weight excluding hydrogens is 236 g/mol. The van der Waals surface area contributed by atoms with Crippen molar-refractivity contribution in [1.29, 1.82) is 0 Å². The van der Waals surface area contributed by atoms with Gasteiger partial charge in [0.1, 0.15) is 5.75 Å². The van der Waals surface area contributed by atoms with Gasteiger partial charge in [-0.2, -0.15) is 0 Å². The Morgan fingerprint density at radius 3 is 2.73 bits per heavy atom.